The smallest absolute Gasteiger partial charge is 0.0979 e. The lowest BCUT2D eigenvalue weighted by Gasteiger charge is -2.49. The summed E-state index contributed by atoms with van der Waals surface area (Å²) in [7, 11) is 0. The number of piperidine rings is 1. The van der Waals surface area contributed by atoms with E-state index < -0.39 is 18.2 Å². The lowest BCUT2D eigenvalue weighted by Crippen LogP contribution is -2.65. The number of hydrogen-bond donors (Lipinski definition) is 4. The zero-order chi connectivity index (χ0) is 13.0. The summed E-state index contributed by atoms with van der Waals surface area (Å²) in [5, 5.41) is 38.6. The van der Waals surface area contributed by atoms with Crippen LogP contribution in [0.25, 0.3) is 0 Å². The van der Waals surface area contributed by atoms with Crippen LogP contribution in [-0.4, -0.2) is 69.4 Å². The van der Waals surface area contributed by atoms with Gasteiger partial charge in [0.25, 0.3) is 0 Å². The molecule has 5 heteroatoms. The number of aliphatic hydroxyl groups is 4. The van der Waals surface area contributed by atoms with Crippen LogP contribution in [0.5, 0.6) is 0 Å². The van der Waals surface area contributed by atoms with E-state index in [0.29, 0.717) is 0 Å². The third-order valence-electron chi connectivity index (χ3n) is 3.89. The molecule has 1 aliphatic heterocycles. The molecule has 0 aromatic carbocycles. The van der Waals surface area contributed by atoms with Gasteiger partial charge in [-0.15, -0.1) is 0 Å². The highest BCUT2D eigenvalue weighted by atomic mass is 16.3. The van der Waals surface area contributed by atoms with Crippen molar-refractivity contribution in [1.29, 1.82) is 0 Å². The predicted octanol–water partition coefficient (Wildman–Crippen LogP) is -0.818. The Hall–Kier alpha value is -0.200. The second-order valence-corrected chi connectivity index (χ2v) is 4.93. The highest BCUT2D eigenvalue weighted by Crippen LogP contribution is 2.28. The third-order valence-corrected chi connectivity index (χ3v) is 3.89. The molecule has 1 rings (SSSR count). The van der Waals surface area contributed by atoms with E-state index in [4.69, 9.17) is 0 Å². The van der Waals surface area contributed by atoms with Crippen molar-refractivity contribution in [1.82, 2.24) is 4.90 Å². The zero-order valence-electron chi connectivity index (χ0n) is 10.7. The maximum Gasteiger partial charge on any atom is 0.0979 e. The fourth-order valence-corrected chi connectivity index (χ4v) is 2.67. The minimum Gasteiger partial charge on any atom is -0.395 e. The van der Waals surface area contributed by atoms with Gasteiger partial charge in [-0.25, -0.2) is 0 Å². The summed E-state index contributed by atoms with van der Waals surface area (Å²) in [6, 6.07) is -0.679. The average Bonchev–Trinajstić information content (AvgIpc) is 2.34. The molecule has 5 atom stereocenters. The molecular formula is C12H25NO4. The van der Waals surface area contributed by atoms with Crippen molar-refractivity contribution in [3.63, 3.8) is 0 Å². The van der Waals surface area contributed by atoms with Crippen LogP contribution in [0.2, 0.25) is 0 Å². The maximum absolute atomic E-state index is 9.96. The Morgan fingerprint density at radius 2 is 1.59 bits per heavy atom. The first-order chi connectivity index (χ1) is 8.08. The number of unbranched alkanes of at least 4 members (excludes halogenated alkanes) is 1. The van der Waals surface area contributed by atoms with E-state index >= 15 is 0 Å². The standard InChI is InChI=1S/C12H25NO4/c1-3-4-5-13-9(6-14)8(2)11(16)12(17)10(13)7-15/h8-12,14-17H,3-7H2,1-2H3/t8-,9-,10+,11+,12+/m0/s1. The lowest BCUT2D eigenvalue weighted by atomic mass is 9.82. The van der Waals surface area contributed by atoms with E-state index in [1.54, 1.807) is 0 Å². The summed E-state index contributed by atoms with van der Waals surface area (Å²) in [6.45, 7) is 4.35. The molecule has 17 heavy (non-hydrogen) atoms. The minimum absolute atomic E-state index is 0.0643. The molecule has 102 valence electrons. The number of nitrogens with zero attached hydrogens (tertiary/aromatic N) is 1. The molecule has 0 saturated carbocycles. The molecule has 0 aliphatic carbocycles. The van der Waals surface area contributed by atoms with Gasteiger partial charge in [0.15, 0.2) is 0 Å². The van der Waals surface area contributed by atoms with Crippen LogP contribution in [0.3, 0.4) is 0 Å². The highest BCUT2D eigenvalue weighted by molar-refractivity contribution is 4.98. The molecule has 0 spiro atoms. The number of rotatable bonds is 5. The van der Waals surface area contributed by atoms with Gasteiger partial charge in [0.05, 0.1) is 31.5 Å². The summed E-state index contributed by atoms with van der Waals surface area (Å²) in [5.74, 6) is -0.199. The van der Waals surface area contributed by atoms with Crippen LogP contribution >= 0.6 is 0 Å². The number of hydrogen-bond acceptors (Lipinski definition) is 5. The van der Waals surface area contributed by atoms with Gasteiger partial charge in [-0.05, 0) is 13.0 Å². The minimum atomic E-state index is -0.949. The van der Waals surface area contributed by atoms with Gasteiger partial charge in [-0.3, -0.25) is 4.90 Å². The van der Waals surface area contributed by atoms with Crippen LogP contribution in [0.4, 0.5) is 0 Å². The summed E-state index contributed by atoms with van der Waals surface area (Å²) in [4.78, 5) is 1.94. The second-order valence-electron chi connectivity index (χ2n) is 4.93. The van der Waals surface area contributed by atoms with Crippen molar-refractivity contribution in [3.05, 3.63) is 0 Å². The molecule has 1 saturated heterocycles. The molecule has 0 radical (unpaired) electrons. The van der Waals surface area contributed by atoms with Crippen molar-refractivity contribution in [2.75, 3.05) is 19.8 Å². The van der Waals surface area contributed by atoms with Crippen molar-refractivity contribution < 1.29 is 20.4 Å². The van der Waals surface area contributed by atoms with Gasteiger partial charge in [-0.2, -0.15) is 0 Å². The van der Waals surface area contributed by atoms with E-state index in [1.807, 2.05) is 11.8 Å². The normalized spacial score (nSPS) is 39.5. The molecule has 4 N–H and O–H groups in total. The Bertz CT molecular complexity index is 209. The van der Waals surface area contributed by atoms with E-state index in [9.17, 15) is 20.4 Å². The molecule has 1 fully saturated rings. The first-order valence-electron chi connectivity index (χ1n) is 6.42. The molecule has 0 unspecified atom stereocenters. The van der Waals surface area contributed by atoms with Crippen LogP contribution in [0, 0.1) is 5.92 Å². The first-order valence-corrected chi connectivity index (χ1v) is 6.42. The van der Waals surface area contributed by atoms with Gasteiger partial charge >= 0.3 is 0 Å². The Balaban J connectivity index is 2.84. The molecule has 0 amide bonds. The third kappa shape index (κ3) is 2.98. The first kappa shape index (κ1) is 14.9. The quantitative estimate of drug-likeness (QED) is 0.510. The molecule has 1 heterocycles. The Morgan fingerprint density at radius 1 is 1.00 bits per heavy atom. The lowest BCUT2D eigenvalue weighted by molar-refractivity contribution is -0.147. The molecule has 0 aromatic rings. The van der Waals surface area contributed by atoms with Crippen molar-refractivity contribution in [2.45, 2.75) is 51.0 Å². The zero-order valence-corrected chi connectivity index (χ0v) is 10.7. The van der Waals surface area contributed by atoms with Gasteiger partial charge < -0.3 is 20.4 Å². The monoisotopic (exact) mass is 247 g/mol. The fraction of sp³-hybridized carbons (Fsp3) is 1.00. The molecule has 1 aliphatic rings. The molecule has 5 nitrogen and oxygen atoms in total. The maximum atomic E-state index is 9.96. The summed E-state index contributed by atoms with van der Waals surface area (Å²) in [6.07, 6.45) is 0.124. The van der Waals surface area contributed by atoms with Crippen LogP contribution in [0.15, 0.2) is 0 Å². The second kappa shape index (κ2) is 6.66. The summed E-state index contributed by atoms with van der Waals surface area (Å²) in [5.41, 5.74) is 0. The Morgan fingerprint density at radius 3 is 2.06 bits per heavy atom. The summed E-state index contributed by atoms with van der Waals surface area (Å²) >= 11 is 0. The molecule has 0 aromatic heterocycles. The van der Waals surface area contributed by atoms with Gasteiger partial charge in [-0.1, -0.05) is 20.3 Å². The Labute approximate surface area is 103 Å². The van der Waals surface area contributed by atoms with Crippen LogP contribution in [0.1, 0.15) is 26.7 Å². The van der Waals surface area contributed by atoms with E-state index in [0.717, 1.165) is 19.4 Å². The highest BCUT2D eigenvalue weighted by Gasteiger charge is 2.45. The van der Waals surface area contributed by atoms with Crippen molar-refractivity contribution in [3.8, 4) is 0 Å². The predicted molar refractivity (Wildman–Crippen MR) is 64.5 cm³/mol. The Kier molecular flexibility index (Phi) is 5.82. The summed E-state index contributed by atoms with van der Waals surface area (Å²) < 4.78 is 0. The topological polar surface area (TPSA) is 84.2 Å². The van der Waals surface area contributed by atoms with Crippen molar-refractivity contribution >= 4 is 0 Å². The van der Waals surface area contributed by atoms with E-state index in [1.165, 1.54) is 0 Å². The van der Waals surface area contributed by atoms with E-state index in [-0.39, 0.29) is 25.2 Å². The molecular weight excluding hydrogens is 222 g/mol. The number of likely N-dealkylation sites (tertiary alicyclic amines) is 1. The van der Waals surface area contributed by atoms with Crippen LogP contribution in [-0.2, 0) is 0 Å². The van der Waals surface area contributed by atoms with Gasteiger partial charge in [0.1, 0.15) is 0 Å². The van der Waals surface area contributed by atoms with Crippen molar-refractivity contribution in [2.24, 2.45) is 5.92 Å². The fourth-order valence-electron chi connectivity index (χ4n) is 2.67. The molecule has 0 bridgehead atoms. The largest absolute Gasteiger partial charge is 0.395 e. The van der Waals surface area contributed by atoms with E-state index in [2.05, 4.69) is 6.92 Å². The number of aliphatic hydroxyl groups excluding tert-OH is 4. The van der Waals surface area contributed by atoms with Gasteiger partial charge in [0, 0.05) is 12.0 Å². The van der Waals surface area contributed by atoms with Gasteiger partial charge in [0.2, 0.25) is 0 Å². The average molecular weight is 247 g/mol. The SMILES string of the molecule is CCCCN1[C@H](CO)[C@@H](O)[C@H](O)[C@@H](C)[C@@H]1CO. The van der Waals surface area contributed by atoms with Crippen LogP contribution < -0.4 is 0 Å².